The fourth-order valence-electron chi connectivity index (χ4n) is 3.48. The quantitative estimate of drug-likeness (QED) is 0.855. The van der Waals surface area contributed by atoms with Crippen LogP contribution in [0.1, 0.15) is 26.2 Å². The van der Waals surface area contributed by atoms with Gasteiger partial charge in [-0.25, -0.2) is 0 Å². The molecule has 1 aromatic carbocycles. The van der Waals surface area contributed by atoms with E-state index in [0.29, 0.717) is 0 Å². The van der Waals surface area contributed by atoms with Crippen LogP contribution in [0.2, 0.25) is 0 Å². The van der Waals surface area contributed by atoms with Gasteiger partial charge >= 0.3 is 0 Å². The second kappa shape index (κ2) is 4.69. The standard InChI is InChI=1S/C15H22N2/c1-2-17(14-6-4-3-5-7-14)11-12-10-13-8-9-15(12)16-13/h3-7,12-13,15-16H,2,8-11H2,1H3. The summed E-state index contributed by atoms with van der Waals surface area (Å²) in [7, 11) is 0. The van der Waals surface area contributed by atoms with Crippen molar-refractivity contribution in [3.63, 3.8) is 0 Å². The lowest BCUT2D eigenvalue weighted by molar-refractivity contribution is 0.405. The van der Waals surface area contributed by atoms with Crippen molar-refractivity contribution in [3.8, 4) is 0 Å². The molecule has 0 saturated carbocycles. The summed E-state index contributed by atoms with van der Waals surface area (Å²) in [6.07, 6.45) is 4.17. The van der Waals surface area contributed by atoms with Crippen molar-refractivity contribution < 1.29 is 0 Å². The monoisotopic (exact) mass is 230 g/mol. The average Bonchev–Trinajstić information content (AvgIpc) is 2.99. The first-order chi connectivity index (χ1) is 8.36. The van der Waals surface area contributed by atoms with Gasteiger partial charge in [0.2, 0.25) is 0 Å². The first-order valence-corrected chi connectivity index (χ1v) is 6.93. The molecule has 2 aliphatic rings. The fourth-order valence-corrected chi connectivity index (χ4v) is 3.48. The minimum absolute atomic E-state index is 0.790. The van der Waals surface area contributed by atoms with Crippen molar-refractivity contribution in [1.82, 2.24) is 5.32 Å². The van der Waals surface area contributed by atoms with Gasteiger partial charge in [-0.2, -0.15) is 0 Å². The summed E-state index contributed by atoms with van der Waals surface area (Å²) in [4.78, 5) is 2.52. The SMILES string of the molecule is CCN(CC1CC2CCC1N2)c1ccccc1. The summed E-state index contributed by atoms with van der Waals surface area (Å²) in [5, 5.41) is 3.73. The molecule has 2 heterocycles. The summed E-state index contributed by atoms with van der Waals surface area (Å²) in [5.74, 6) is 0.855. The van der Waals surface area contributed by atoms with Crippen LogP contribution in [0, 0.1) is 5.92 Å². The molecule has 2 bridgehead atoms. The second-order valence-electron chi connectivity index (χ2n) is 5.42. The van der Waals surface area contributed by atoms with Crippen molar-refractivity contribution in [2.45, 2.75) is 38.3 Å². The Kier molecular flexibility index (Phi) is 3.06. The molecule has 17 heavy (non-hydrogen) atoms. The lowest BCUT2D eigenvalue weighted by atomic mass is 9.88. The van der Waals surface area contributed by atoms with E-state index in [9.17, 15) is 0 Å². The number of rotatable bonds is 4. The molecule has 3 unspecified atom stereocenters. The molecule has 2 heteroatoms. The van der Waals surface area contributed by atoms with E-state index in [2.05, 4.69) is 47.5 Å². The zero-order valence-electron chi connectivity index (χ0n) is 10.6. The Morgan fingerprint density at radius 3 is 2.65 bits per heavy atom. The maximum atomic E-state index is 3.73. The maximum Gasteiger partial charge on any atom is 0.0366 e. The first-order valence-electron chi connectivity index (χ1n) is 6.93. The van der Waals surface area contributed by atoms with Crippen molar-refractivity contribution in [1.29, 1.82) is 0 Å². The third kappa shape index (κ3) is 2.19. The van der Waals surface area contributed by atoms with Crippen LogP contribution in [0.15, 0.2) is 30.3 Å². The molecule has 2 fully saturated rings. The van der Waals surface area contributed by atoms with Gasteiger partial charge in [0.15, 0.2) is 0 Å². The summed E-state index contributed by atoms with van der Waals surface area (Å²) >= 11 is 0. The Hall–Kier alpha value is -1.02. The van der Waals surface area contributed by atoms with E-state index < -0.39 is 0 Å². The summed E-state index contributed by atoms with van der Waals surface area (Å²) in [5.41, 5.74) is 1.37. The molecule has 1 N–H and O–H groups in total. The van der Waals surface area contributed by atoms with Crippen molar-refractivity contribution in [2.24, 2.45) is 5.92 Å². The van der Waals surface area contributed by atoms with Crippen LogP contribution in [0.25, 0.3) is 0 Å². The molecule has 0 amide bonds. The smallest absolute Gasteiger partial charge is 0.0366 e. The highest BCUT2D eigenvalue weighted by atomic mass is 15.1. The molecule has 2 aliphatic heterocycles. The fraction of sp³-hybridized carbons (Fsp3) is 0.600. The average molecular weight is 230 g/mol. The van der Waals surface area contributed by atoms with Crippen LogP contribution < -0.4 is 10.2 Å². The zero-order valence-corrected chi connectivity index (χ0v) is 10.6. The Labute approximate surface area is 104 Å². The highest BCUT2D eigenvalue weighted by molar-refractivity contribution is 5.45. The molecule has 0 radical (unpaired) electrons. The molecule has 92 valence electrons. The van der Waals surface area contributed by atoms with E-state index in [0.717, 1.165) is 24.5 Å². The number of anilines is 1. The van der Waals surface area contributed by atoms with Crippen molar-refractivity contribution >= 4 is 5.69 Å². The number of fused-ring (bicyclic) bond motifs is 2. The molecule has 1 aromatic rings. The van der Waals surface area contributed by atoms with E-state index in [-0.39, 0.29) is 0 Å². The molecule has 3 rings (SSSR count). The Morgan fingerprint density at radius 2 is 2.06 bits per heavy atom. The number of nitrogens with zero attached hydrogens (tertiary/aromatic N) is 1. The van der Waals surface area contributed by atoms with Gasteiger partial charge in [-0.15, -0.1) is 0 Å². The van der Waals surface area contributed by atoms with Crippen LogP contribution in [-0.2, 0) is 0 Å². The number of para-hydroxylation sites is 1. The normalized spacial score (nSPS) is 30.8. The van der Waals surface area contributed by atoms with Crippen LogP contribution >= 0.6 is 0 Å². The molecule has 0 aliphatic carbocycles. The third-order valence-electron chi connectivity index (χ3n) is 4.39. The van der Waals surface area contributed by atoms with E-state index in [1.807, 2.05) is 0 Å². The minimum Gasteiger partial charge on any atom is -0.371 e. The van der Waals surface area contributed by atoms with E-state index in [1.165, 1.54) is 31.5 Å². The van der Waals surface area contributed by atoms with Crippen molar-refractivity contribution in [3.05, 3.63) is 30.3 Å². The Morgan fingerprint density at radius 1 is 1.24 bits per heavy atom. The number of hydrogen-bond donors (Lipinski definition) is 1. The van der Waals surface area contributed by atoms with Crippen LogP contribution in [0.4, 0.5) is 5.69 Å². The Balaban J connectivity index is 1.67. The van der Waals surface area contributed by atoms with Gasteiger partial charge < -0.3 is 10.2 Å². The lowest BCUT2D eigenvalue weighted by Crippen LogP contribution is -2.35. The molecule has 0 aromatic heterocycles. The summed E-state index contributed by atoms with van der Waals surface area (Å²) in [6.45, 7) is 4.58. The molecule has 2 nitrogen and oxygen atoms in total. The van der Waals surface area contributed by atoms with Crippen molar-refractivity contribution in [2.75, 3.05) is 18.0 Å². The first kappa shape index (κ1) is 11.1. The molecule has 2 saturated heterocycles. The summed E-state index contributed by atoms with van der Waals surface area (Å²) < 4.78 is 0. The van der Waals surface area contributed by atoms with Crippen LogP contribution in [0.3, 0.4) is 0 Å². The number of nitrogens with one attached hydrogen (secondary N) is 1. The number of benzene rings is 1. The minimum atomic E-state index is 0.790. The highest BCUT2D eigenvalue weighted by Gasteiger charge is 2.39. The Bertz CT molecular complexity index is 362. The van der Waals surface area contributed by atoms with E-state index >= 15 is 0 Å². The van der Waals surface area contributed by atoms with E-state index in [1.54, 1.807) is 0 Å². The largest absolute Gasteiger partial charge is 0.371 e. The van der Waals surface area contributed by atoms with E-state index in [4.69, 9.17) is 0 Å². The third-order valence-corrected chi connectivity index (χ3v) is 4.39. The topological polar surface area (TPSA) is 15.3 Å². The van der Waals surface area contributed by atoms with Crippen LogP contribution in [-0.4, -0.2) is 25.2 Å². The molecular formula is C15H22N2. The molecule has 0 spiro atoms. The van der Waals surface area contributed by atoms with Gasteiger partial charge in [0, 0.05) is 30.9 Å². The highest BCUT2D eigenvalue weighted by Crippen LogP contribution is 2.34. The second-order valence-corrected chi connectivity index (χ2v) is 5.42. The van der Waals surface area contributed by atoms with Gasteiger partial charge in [-0.05, 0) is 44.2 Å². The lowest BCUT2D eigenvalue weighted by Gasteiger charge is -2.30. The van der Waals surface area contributed by atoms with Crippen LogP contribution in [0.5, 0.6) is 0 Å². The van der Waals surface area contributed by atoms with Gasteiger partial charge in [0.25, 0.3) is 0 Å². The zero-order chi connectivity index (χ0) is 11.7. The van der Waals surface area contributed by atoms with Gasteiger partial charge in [0.1, 0.15) is 0 Å². The molecule has 3 atom stereocenters. The predicted molar refractivity (Wildman–Crippen MR) is 72.4 cm³/mol. The number of hydrogen-bond acceptors (Lipinski definition) is 2. The molecular weight excluding hydrogens is 208 g/mol. The maximum absolute atomic E-state index is 3.73. The summed E-state index contributed by atoms with van der Waals surface area (Å²) in [6, 6.07) is 12.4. The van der Waals surface area contributed by atoms with Gasteiger partial charge in [-0.1, -0.05) is 18.2 Å². The van der Waals surface area contributed by atoms with Gasteiger partial charge in [0.05, 0.1) is 0 Å². The predicted octanol–water partition coefficient (Wildman–Crippen LogP) is 2.65. The van der Waals surface area contributed by atoms with Gasteiger partial charge in [-0.3, -0.25) is 0 Å².